The molecule has 4 atom stereocenters. The van der Waals surface area contributed by atoms with E-state index in [0.717, 1.165) is 40.5 Å². The monoisotopic (exact) mass is 481 g/mol. The molecule has 0 saturated carbocycles. The van der Waals surface area contributed by atoms with Crippen molar-refractivity contribution in [2.24, 2.45) is 17.8 Å². The number of nitrogens with zero attached hydrogens (tertiary/aromatic N) is 1. The molecule has 2 N–H and O–H groups in total. The van der Waals surface area contributed by atoms with Gasteiger partial charge >= 0.3 is 13.2 Å². The molecule has 2 aliphatic heterocycles. The Morgan fingerprint density at radius 3 is 2.49 bits per heavy atom. The molecule has 0 spiro atoms. The summed E-state index contributed by atoms with van der Waals surface area (Å²) < 4.78 is 10.6. The molecule has 2 heterocycles. The van der Waals surface area contributed by atoms with Gasteiger partial charge in [0, 0.05) is 0 Å². The number of imide groups is 3. The maximum Gasteiger partial charge on any atom is 0.455 e. The van der Waals surface area contributed by atoms with Gasteiger partial charge in [-0.2, -0.15) is 4.90 Å². The molecular formula is C26H32BNO7. The van der Waals surface area contributed by atoms with E-state index in [0.29, 0.717) is 29.9 Å². The summed E-state index contributed by atoms with van der Waals surface area (Å²) in [5.41, 5.74) is 5.71. The molecule has 2 saturated heterocycles. The number of methoxy groups -OCH3 is 1. The topological polar surface area (TPSA) is 113 Å². The first-order valence-corrected chi connectivity index (χ1v) is 12.0. The van der Waals surface area contributed by atoms with Crippen LogP contribution in [0.15, 0.2) is 28.9 Å². The van der Waals surface area contributed by atoms with Crippen molar-refractivity contribution >= 4 is 31.1 Å². The van der Waals surface area contributed by atoms with Gasteiger partial charge in [-0.15, -0.1) is 0 Å². The standard InChI is InChI=1S/C26H32BNO7/c1-13(8-17-9-15(3)23(29)16(4)10-17)6-7-20-21-14(2)11-18-22(19(21)12-27(33)35-20)25(31)28(24(18)30)26(32)34-5/h8-10,18-20,22,29,33H,6-7,11-12H2,1-5H3/b13-8+/t18-,19+,20-,22-/m1/s1. The molecule has 0 radical (unpaired) electrons. The fraction of sp³-hybridized carbons (Fsp3) is 0.500. The number of hydrogen-bond donors (Lipinski definition) is 2. The second-order valence-corrected chi connectivity index (χ2v) is 10.0. The summed E-state index contributed by atoms with van der Waals surface area (Å²) >= 11 is 0. The third kappa shape index (κ3) is 4.55. The lowest BCUT2D eigenvalue weighted by Crippen LogP contribution is -2.46. The number of aromatic hydroxyl groups is 1. The van der Waals surface area contributed by atoms with E-state index in [1.165, 1.54) is 0 Å². The summed E-state index contributed by atoms with van der Waals surface area (Å²) in [7, 11) is 0.0899. The summed E-state index contributed by atoms with van der Waals surface area (Å²) in [6.45, 7) is 7.71. The Balaban J connectivity index is 1.55. The number of likely N-dealkylation sites (tertiary alicyclic amines) is 1. The molecule has 9 heteroatoms. The van der Waals surface area contributed by atoms with E-state index in [1.807, 2.05) is 39.8 Å². The lowest BCUT2D eigenvalue weighted by Gasteiger charge is -2.42. The number of phenols is 1. The van der Waals surface area contributed by atoms with Crippen molar-refractivity contribution in [2.45, 2.75) is 59.4 Å². The minimum Gasteiger partial charge on any atom is -0.507 e. The van der Waals surface area contributed by atoms with Gasteiger partial charge in [-0.1, -0.05) is 17.2 Å². The molecule has 1 aliphatic carbocycles. The van der Waals surface area contributed by atoms with Gasteiger partial charge in [0.05, 0.1) is 25.0 Å². The molecule has 2 fully saturated rings. The summed E-state index contributed by atoms with van der Waals surface area (Å²) in [4.78, 5) is 38.7. The number of fused-ring (bicyclic) bond motifs is 3. The largest absolute Gasteiger partial charge is 0.507 e. The van der Waals surface area contributed by atoms with Crippen LogP contribution in [0.2, 0.25) is 6.32 Å². The molecule has 8 nitrogen and oxygen atoms in total. The number of phenolic OH excluding ortho intramolecular Hbond substituents is 1. The predicted octanol–water partition coefficient (Wildman–Crippen LogP) is 3.78. The third-order valence-electron chi connectivity index (χ3n) is 7.54. The van der Waals surface area contributed by atoms with Crippen LogP contribution in [0.1, 0.15) is 49.8 Å². The van der Waals surface area contributed by atoms with Crippen LogP contribution in [0.3, 0.4) is 0 Å². The number of carbonyl (C=O) groups excluding carboxylic acids is 3. The Kier molecular flexibility index (Phi) is 6.93. The number of hydrogen-bond acceptors (Lipinski definition) is 7. The van der Waals surface area contributed by atoms with Crippen LogP contribution in [-0.2, 0) is 19.0 Å². The number of allylic oxidation sites excluding steroid dienone is 2. The first kappa shape index (κ1) is 25.2. The Morgan fingerprint density at radius 2 is 1.86 bits per heavy atom. The average Bonchev–Trinajstić information content (AvgIpc) is 3.04. The minimum absolute atomic E-state index is 0.208. The van der Waals surface area contributed by atoms with E-state index in [9.17, 15) is 24.5 Å². The zero-order chi connectivity index (χ0) is 25.6. The molecule has 0 bridgehead atoms. The highest BCUT2D eigenvalue weighted by Gasteiger charge is 2.58. The van der Waals surface area contributed by atoms with Crippen molar-refractivity contribution in [1.82, 2.24) is 4.90 Å². The molecule has 3 amide bonds. The van der Waals surface area contributed by atoms with E-state index < -0.39 is 36.9 Å². The van der Waals surface area contributed by atoms with Gasteiger partial charge in [0.2, 0.25) is 11.8 Å². The second-order valence-electron chi connectivity index (χ2n) is 10.0. The van der Waals surface area contributed by atoms with Gasteiger partial charge in [0.15, 0.2) is 0 Å². The van der Waals surface area contributed by atoms with Crippen LogP contribution in [-0.4, -0.2) is 53.3 Å². The summed E-state index contributed by atoms with van der Waals surface area (Å²) in [6.07, 6.45) is 2.63. The fourth-order valence-electron chi connectivity index (χ4n) is 5.98. The smallest absolute Gasteiger partial charge is 0.455 e. The van der Waals surface area contributed by atoms with Crippen molar-refractivity contribution in [3.8, 4) is 5.75 Å². The van der Waals surface area contributed by atoms with E-state index in [4.69, 9.17) is 4.65 Å². The lowest BCUT2D eigenvalue weighted by atomic mass is 9.59. The number of benzene rings is 1. The molecule has 35 heavy (non-hydrogen) atoms. The van der Waals surface area contributed by atoms with Crippen molar-refractivity contribution in [2.75, 3.05) is 7.11 Å². The van der Waals surface area contributed by atoms with E-state index >= 15 is 0 Å². The number of rotatable bonds is 4. The van der Waals surface area contributed by atoms with Gasteiger partial charge in [0.25, 0.3) is 0 Å². The summed E-state index contributed by atoms with van der Waals surface area (Å²) in [5.74, 6) is -2.45. The van der Waals surface area contributed by atoms with Gasteiger partial charge in [-0.05, 0) is 93.6 Å². The van der Waals surface area contributed by atoms with Gasteiger partial charge in [0.1, 0.15) is 5.75 Å². The molecule has 4 rings (SSSR count). The van der Waals surface area contributed by atoms with Crippen LogP contribution in [0, 0.1) is 31.6 Å². The fourth-order valence-corrected chi connectivity index (χ4v) is 5.98. The zero-order valence-electron chi connectivity index (χ0n) is 20.8. The Morgan fingerprint density at radius 1 is 1.20 bits per heavy atom. The average molecular weight is 481 g/mol. The normalized spacial score (nSPS) is 26.7. The van der Waals surface area contributed by atoms with Crippen molar-refractivity contribution in [3.05, 3.63) is 45.5 Å². The number of carbonyl (C=O) groups is 3. The first-order valence-electron chi connectivity index (χ1n) is 12.0. The molecule has 3 aliphatic rings. The number of amides is 3. The van der Waals surface area contributed by atoms with Crippen LogP contribution < -0.4 is 0 Å². The minimum atomic E-state index is -1.05. The third-order valence-corrected chi connectivity index (χ3v) is 7.54. The molecule has 0 aromatic heterocycles. The predicted molar refractivity (Wildman–Crippen MR) is 130 cm³/mol. The Bertz CT molecular complexity index is 1120. The molecule has 1 aromatic rings. The number of aryl methyl sites for hydroxylation is 2. The Labute approximate surface area is 205 Å². The first-order chi connectivity index (χ1) is 16.5. The molecular weight excluding hydrogens is 449 g/mol. The quantitative estimate of drug-likeness (QED) is 0.382. The van der Waals surface area contributed by atoms with Crippen LogP contribution in [0.4, 0.5) is 4.79 Å². The van der Waals surface area contributed by atoms with Gasteiger partial charge in [-0.25, -0.2) is 4.79 Å². The number of ether oxygens (including phenoxy) is 1. The van der Waals surface area contributed by atoms with E-state index in [2.05, 4.69) is 10.8 Å². The highest BCUT2D eigenvalue weighted by molar-refractivity contribution is 6.43. The van der Waals surface area contributed by atoms with Crippen LogP contribution in [0.25, 0.3) is 6.08 Å². The zero-order valence-corrected chi connectivity index (χ0v) is 20.8. The highest BCUT2D eigenvalue weighted by atomic mass is 16.5. The van der Waals surface area contributed by atoms with Crippen LogP contribution >= 0.6 is 0 Å². The molecule has 186 valence electrons. The van der Waals surface area contributed by atoms with E-state index in [-0.39, 0.29) is 18.3 Å². The van der Waals surface area contributed by atoms with Gasteiger partial charge < -0.3 is 19.5 Å². The maximum atomic E-state index is 13.1. The van der Waals surface area contributed by atoms with Crippen molar-refractivity contribution < 1.29 is 33.9 Å². The molecule has 1 aromatic carbocycles. The highest BCUT2D eigenvalue weighted by Crippen LogP contribution is 2.50. The van der Waals surface area contributed by atoms with Crippen molar-refractivity contribution in [3.63, 3.8) is 0 Å². The SMILES string of the molecule is COC(=O)N1C(=O)[C@@H]2[C@@H](CC(C)=C3[C@@H](CC/C(C)=C/c4cc(C)c(O)c(C)c4)OB(O)C[C@@H]32)C1=O. The van der Waals surface area contributed by atoms with Gasteiger partial charge in [-0.3, -0.25) is 9.59 Å². The molecule has 0 unspecified atom stereocenters. The summed E-state index contributed by atoms with van der Waals surface area (Å²) in [6, 6.07) is 3.87. The van der Waals surface area contributed by atoms with E-state index in [1.54, 1.807) is 0 Å². The Hall–Kier alpha value is -2.91. The summed E-state index contributed by atoms with van der Waals surface area (Å²) in [5, 5.41) is 20.5. The lowest BCUT2D eigenvalue weighted by molar-refractivity contribution is -0.137. The maximum absolute atomic E-state index is 13.1. The van der Waals surface area contributed by atoms with Crippen molar-refractivity contribution in [1.29, 1.82) is 0 Å². The second kappa shape index (κ2) is 9.62. The van der Waals surface area contributed by atoms with Crippen LogP contribution in [0.5, 0.6) is 5.75 Å².